The van der Waals surface area contributed by atoms with Crippen molar-refractivity contribution in [2.45, 2.75) is 59.0 Å². The minimum Gasteiger partial charge on any atom is -0.314 e. The second-order valence-corrected chi connectivity index (χ2v) is 5.09. The molecule has 0 amide bonds. The quantitative estimate of drug-likeness (QED) is 0.753. The molecule has 15 heavy (non-hydrogen) atoms. The fourth-order valence-electron chi connectivity index (χ4n) is 2.61. The van der Waals surface area contributed by atoms with Gasteiger partial charge in [-0.25, -0.2) is 0 Å². The van der Waals surface area contributed by atoms with Crippen LogP contribution >= 0.6 is 0 Å². The van der Waals surface area contributed by atoms with Crippen molar-refractivity contribution in [2.24, 2.45) is 5.92 Å². The second-order valence-electron chi connectivity index (χ2n) is 5.09. The molecule has 2 heteroatoms. The smallest absolute Gasteiger partial charge is 0.00643 e. The molecule has 0 bridgehead atoms. The standard InChI is InChI=1S/C13H28N2/c1-5-12(4)15(6-2)10-13-7-8-14-11(3)9-13/h11-14H,5-10H2,1-4H3. The average Bonchev–Trinajstić information content (AvgIpc) is 2.25. The molecule has 1 saturated heterocycles. The molecule has 0 aliphatic carbocycles. The second kappa shape index (κ2) is 6.49. The van der Waals surface area contributed by atoms with Crippen LogP contribution in [-0.4, -0.2) is 36.6 Å². The summed E-state index contributed by atoms with van der Waals surface area (Å²) in [6, 6.07) is 1.47. The Morgan fingerprint density at radius 3 is 2.67 bits per heavy atom. The van der Waals surface area contributed by atoms with Crippen molar-refractivity contribution in [1.29, 1.82) is 0 Å². The number of piperidine rings is 1. The molecular formula is C13H28N2. The average molecular weight is 212 g/mol. The molecule has 2 nitrogen and oxygen atoms in total. The topological polar surface area (TPSA) is 15.3 Å². The number of hydrogen-bond donors (Lipinski definition) is 1. The number of rotatable bonds is 5. The Bertz CT molecular complexity index is 170. The van der Waals surface area contributed by atoms with Gasteiger partial charge < -0.3 is 10.2 Å². The zero-order valence-corrected chi connectivity index (χ0v) is 10.9. The highest BCUT2D eigenvalue weighted by molar-refractivity contribution is 4.78. The molecule has 1 rings (SSSR count). The van der Waals surface area contributed by atoms with E-state index in [4.69, 9.17) is 0 Å². The van der Waals surface area contributed by atoms with Gasteiger partial charge in [0, 0.05) is 18.6 Å². The van der Waals surface area contributed by atoms with Gasteiger partial charge in [0.15, 0.2) is 0 Å². The lowest BCUT2D eigenvalue weighted by Crippen LogP contribution is -2.43. The summed E-state index contributed by atoms with van der Waals surface area (Å²) < 4.78 is 0. The monoisotopic (exact) mass is 212 g/mol. The summed E-state index contributed by atoms with van der Waals surface area (Å²) in [6.07, 6.45) is 3.98. The van der Waals surface area contributed by atoms with Gasteiger partial charge in [-0.15, -0.1) is 0 Å². The molecule has 3 unspecified atom stereocenters. The fraction of sp³-hybridized carbons (Fsp3) is 1.00. The van der Waals surface area contributed by atoms with Crippen molar-refractivity contribution >= 4 is 0 Å². The lowest BCUT2D eigenvalue weighted by molar-refractivity contribution is 0.155. The van der Waals surface area contributed by atoms with Crippen LogP contribution < -0.4 is 5.32 Å². The zero-order valence-electron chi connectivity index (χ0n) is 10.9. The van der Waals surface area contributed by atoms with E-state index in [1.807, 2.05) is 0 Å². The van der Waals surface area contributed by atoms with Crippen molar-refractivity contribution in [3.8, 4) is 0 Å². The minimum absolute atomic E-state index is 0.722. The Labute approximate surface area is 95.4 Å². The molecule has 0 saturated carbocycles. The van der Waals surface area contributed by atoms with Crippen LogP contribution in [0.4, 0.5) is 0 Å². The molecule has 0 spiro atoms. The molecule has 90 valence electrons. The van der Waals surface area contributed by atoms with Gasteiger partial charge in [0.1, 0.15) is 0 Å². The molecule has 1 aliphatic rings. The summed E-state index contributed by atoms with van der Waals surface area (Å²) in [5.74, 6) is 0.912. The van der Waals surface area contributed by atoms with E-state index in [2.05, 4.69) is 37.9 Å². The summed E-state index contributed by atoms with van der Waals surface area (Å²) in [4.78, 5) is 2.64. The van der Waals surface area contributed by atoms with Crippen LogP contribution in [0.5, 0.6) is 0 Å². The summed E-state index contributed by atoms with van der Waals surface area (Å²) >= 11 is 0. The van der Waals surface area contributed by atoms with E-state index < -0.39 is 0 Å². The van der Waals surface area contributed by atoms with Gasteiger partial charge in [-0.1, -0.05) is 13.8 Å². The van der Waals surface area contributed by atoms with E-state index >= 15 is 0 Å². The molecule has 1 N–H and O–H groups in total. The predicted molar refractivity (Wildman–Crippen MR) is 67.2 cm³/mol. The van der Waals surface area contributed by atoms with Crippen LogP contribution in [0.15, 0.2) is 0 Å². The third-order valence-corrected chi connectivity index (χ3v) is 3.85. The van der Waals surface area contributed by atoms with Crippen molar-refractivity contribution < 1.29 is 0 Å². The molecule has 0 aromatic heterocycles. The van der Waals surface area contributed by atoms with E-state index in [1.165, 1.54) is 38.9 Å². The van der Waals surface area contributed by atoms with Crippen molar-refractivity contribution in [2.75, 3.05) is 19.6 Å². The molecule has 1 heterocycles. The van der Waals surface area contributed by atoms with Gasteiger partial charge in [0.2, 0.25) is 0 Å². The largest absolute Gasteiger partial charge is 0.314 e. The van der Waals surface area contributed by atoms with E-state index in [1.54, 1.807) is 0 Å². The van der Waals surface area contributed by atoms with Gasteiger partial charge in [0.25, 0.3) is 0 Å². The van der Waals surface area contributed by atoms with Gasteiger partial charge in [-0.05, 0) is 52.1 Å². The summed E-state index contributed by atoms with van der Waals surface area (Å²) in [5.41, 5.74) is 0. The highest BCUT2D eigenvalue weighted by Crippen LogP contribution is 2.18. The fourth-order valence-corrected chi connectivity index (χ4v) is 2.61. The maximum absolute atomic E-state index is 3.53. The molecule has 0 aromatic rings. The van der Waals surface area contributed by atoms with Crippen LogP contribution in [0, 0.1) is 5.92 Å². The number of nitrogens with one attached hydrogen (secondary N) is 1. The molecule has 0 radical (unpaired) electrons. The van der Waals surface area contributed by atoms with Crippen LogP contribution in [0.3, 0.4) is 0 Å². The molecule has 3 atom stereocenters. The first-order chi connectivity index (χ1) is 7.17. The normalized spacial score (nSPS) is 29.4. The maximum Gasteiger partial charge on any atom is 0.00643 e. The SMILES string of the molecule is CCC(C)N(CC)CC1CCNC(C)C1. The molecule has 1 aliphatic heterocycles. The number of hydrogen-bond acceptors (Lipinski definition) is 2. The van der Waals surface area contributed by atoms with Gasteiger partial charge >= 0.3 is 0 Å². The molecule has 0 aromatic carbocycles. The summed E-state index contributed by atoms with van der Waals surface area (Å²) in [7, 11) is 0. The highest BCUT2D eigenvalue weighted by atomic mass is 15.1. The maximum atomic E-state index is 3.53. The first-order valence-electron chi connectivity index (χ1n) is 6.64. The van der Waals surface area contributed by atoms with E-state index in [0.29, 0.717) is 0 Å². The van der Waals surface area contributed by atoms with Crippen LogP contribution in [0.1, 0.15) is 47.0 Å². The van der Waals surface area contributed by atoms with E-state index in [-0.39, 0.29) is 0 Å². The minimum atomic E-state index is 0.722. The van der Waals surface area contributed by atoms with Gasteiger partial charge in [-0.3, -0.25) is 0 Å². The number of nitrogens with zero attached hydrogens (tertiary/aromatic N) is 1. The first kappa shape index (κ1) is 13.0. The molecule has 1 fully saturated rings. The van der Waals surface area contributed by atoms with Gasteiger partial charge in [0.05, 0.1) is 0 Å². The van der Waals surface area contributed by atoms with Gasteiger partial charge in [-0.2, -0.15) is 0 Å². The Hall–Kier alpha value is -0.0800. The van der Waals surface area contributed by atoms with E-state index in [9.17, 15) is 0 Å². The Kier molecular flexibility index (Phi) is 5.62. The Morgan fingerprint density at radius 1 is 1.40 bits per heavy atom. The summed E-state index contributed by atoms with van der Waals surface area (Å²) in [5, 5.41) is 3.53. The highest BCUT2D eigenvalue weighted by Gasteiger charge is 2.21. The van der Waals surface area contributed by atoms with Crippen molar-refractivity contribution in [1.82, 2.24) is 10.2 Å². The first-order valence-corrected chi connectivity index (χ1v) is 6.64. The Balaban J connectivity index is 2.36. The third kappa shape index (κ3) is 4.12. The molecular weight excluding hydrogens is 184 g/mol. The van der Waals surface area contributed by atoms with Crippen LogP contribution in [0.2, 0.25) is 0 Å². The van der Waals surface area contributed by atoms with Crippen LogP contribution in [0.25, 0.3) is 0 Å². The lowest BCUT2D eigenvalue weighted by Gasteiger charge is -2.35. The predicted octanol–water partition coefficient (Wildman–Crippen LogP) is 2.49. The lowest BCUT2D eigenvalue weighted by atomic mass is 9.92. The zero-order chi connectivity index (χ0) is 11.3. The van der Waals surface area contributed by atoms with Crippen LogP contribution in [-0.2, 0) is 0 Å². The summed E-state index contributed by atoms with van der Waals surface area (Å²) in [6.45, 7) is 13.0. The van der Waals surface area contributed by atoms with Crippen molar-refractivity contribution in [3.63, 3.8) is 0 Å². The van der Waals surface area contributed by atoms with Crippen molar-refractivity contribution in [3.05, 3.63) is 0 Å². The third-order valence-electron chi connectivity index (χ3n) is 3.85. The van der Waals surface area contributed by atoms with E-state index in [0.717, 1.165) is 18.0 Å². The Morgan fingerprint density at radius 2 is 2.13 bits per heavy atom.